The minimum Gasteiger partial charge on any atom is -0.490 e. The summed E-state index contributed by atoms with van der Waals surface area (Å²) in [5, 5.41) is 11.6. The van der Waals surface area contributed by atoms with Crippen molar-refractivity contribution in [3.05, 3.63) is 29.3 Å². The number of amidine groups is 1. The molecule has 1 aliphatic carbocycles. The Balaban J connectivity index is 2.03. The number of hydrogen-bond acceptors (Lipinski definition) is 3. The van der Waals surface area contributed by atoms with Gasteiger partial charge in [-0.05, 0) is 48.9 Å². The molecular weight excluding hydrogens is 228 g/mol. The summed E-state index contributed by atoms with van der Waals surface area (Å²) in [5.74, 6) is 1.09. The van der Waals surface area contributed by atoms with Crippen molar-refractivity contribution in [3.63, 3.8) is 0 Å². The summed E-state index contributed by atoms with van der Waals surface area (Å²) < 4.78 is 5.89. The molecule has 18 heavy (non-hydrogen) atoms. The van der Waals surface area contributed by atoms with Gasteiger partial charge in [0.15, 0.2) is 0 Å². The zero-order valence-electron chi connectivity index (χ0n) is 10.7. The molecule has 0 heterocycles. The number of rotatable bonds is 5. The molecular formula is C14H20N2O2. The highest BCUT2D eigenvalue weighted by molar-refractivity contribution is 5.80. The SMILES string of the molecule is CCC(C/C(N)=N/O)Oc1ccc2c(c1)CCC2. The number of fused-ring (bicyclic) bond motifs is 1. The van der Waals surface area contributed by atoms with Gasteiger partial charge in [-0.3, -0.25) is 0 Å². The number of oxime groups is 1. The molecule has 0 aromatic heterocycles. The van der Waals surface area contributed by atoms with Crippen molar-refractivity contribution >= 4 is 5.84 Å². The molecule has 3 N–H and O–H groups in total. The number of nitrogens with two attached hydrogens (primary N) is 1. The highest BCUT2D eigenvalue weighted by Crippen LogP contribution is 2.27. The third-order valence-corrected chi connectivity index (χ3v) is 3.39. The quantitative estimate of drug-likeness (QED) is 0.364. The second kappa shape index (κ2) is 5.76. The van der Waals surface area contributed by atoms with E-state index in [0.717, 1.165) is 18.6 Å². The molecule has 4 heteroatoms. The first kappa shape index (κ1) is 12.7. The lowest BCUT2D eigenvalue weighted by Crippen LogP contribution is -2.24. The Labute approximate surface area is 107 Å². The van der Waals surface area contributed by atoms with Gasteiger partial charge in [0.25, 0.3) is 0 Å². The van der Waals surface area contributed by atoms with Crippen LogP contribution in [0.1, 0.15) is 37.3 Å². The van der Waals surface area contributed by atoms with Crippen molar-refractivity contribution in [1.82, 2.24) is 0 Å². The third kappa shape index (κ3) is 2.94. The largest absolute Gasteiger partial charge is 0.490 e. The number of aryl methyl sites for hydroxylation is 2. The highest BCUT2D eigenvalue weighted by Gasteiger charge is 2.14. The minimum atomic E-state index is -0.0413. The van der Waals surface area contributed by atoms with Crippen molar-refractivity contribution in [1.29, 1.82) is 0 Å². The van der Waals surface area contributed by atoms with Crippen LogP contribution in [0.25, 0.3) is 0 Å². The van der Waals surface area contributed by atoms with E-state index in [4.69, 9.17) is 15.7 Å². The molecule has 98 valence electrons. The first-order chi connectivity index (χ1) is 8.72. The summed E-state index contributed by atoms with van der Waals surface area (Å²) in [7, 11) is 0. The number of benzene rings is 1. The molecule has 1 atom stereocenters. The van der Waals surface area contributed by atoms with Crippen LogP contribution < -0.4 is 10.5 Å². The summed E-state index contributed by atoms with van der Waals surface area (Å²) in [6.07, 6.45) is 4.79. The lowest BCUT2D eigenvalue weighted by Gasteiger charge is -2.17. The van der Waals surface area contributed by atoms with Crippen LogP contribution >= 0.6 is 0 Å². The Bertz CT molecular complexity index is 443. The highest BCUT2D eigenvalue weighted by atomic mass is 16.5. The molecule has 0 saturated carbocycles. The molecule has 0 spiro atoms. The van der Waals surface area contributed by atoms with E-state index in [2.05, 4.69) is 17.3 Å². The molecule has 0 bridgehead atoms. The van der Waals surface area contributed by atoms with Crippen molar-refractivity contribution < 1.29 is 9.94 Å². The average molecular weight is 248 g/mol. The molecule has 1 aromatic rings. The van der Waals surface area contributed by atoms with Crippen LogP contribution in [-0.4, -0.2) is 17.1 Å². The van der Waals surface area contributed by atoms with Gasteiger partial charge in [-0.25, -0.2) is 0 Å². The van der Waals surface area contributed by atoms with Crippen LogP contribution in [-0.2, 0) is 12.8 Å². The molecule has 1 aliphatic rings. The predicted octanol–water partition coefficient (Wildman–Crippen LogP) is 2.47. The summed E-state index contributed by atoms with van der Waals surface area (Å²) in [6, 6.07) is 6.28. The second-order valence-electron chi connectivity index (χ2n) is 4.73. The monoisotopic (exact) mass is 248 g/mol. The van der Waals surface area contributed by atoms with Crippen LogP contribution in [0.4, 0.5) is 0 Å². The van der Waals surface area contributed by atoms with E-state index in [1.165, 1.54) is 24.0 Å². The maximum absolute atomic E-state index is 8.58. The zero-order valence-corrected chi connectivity index (χ0v) is 10.7. The lowest BCUT2D eigenvalue weighted by molar-refractivity contribution is 0.202. The van der Waals surface area contributed by atoms with Crippen LogP contribution in [0.2, 0.25) is 0 Å². The van der Waals surface area contributed by atoms with E-state index in [0.29, 0.717) is 6.42 Å². The summed E-state index contributed by atoms with van der Waals surface area (Å²) >= 11 is 0. The van der Waals surface area contributed by atoms with Crippen LogP contribution in [0.5, 0.6) is 5.75 Å². The van der Waals surface area contributed by atoms with Gasteiger partial charge in [0, 0.05) is 6.42 Å². The molecule has 1 unspecified atom stereocenters. The first-order valence-electron chi connectivity index (χ1n) is 6.47. The van der Waals surface area contributed by atoms with Gasteiger partial charge < -0.3 is 15.7 Å². The Hall–Kier alpha value is -1.71. The molecule has 0 fully saturated rings. The Morgan fingerprint density at radius 3 is 2.94 bits per heavy atom. The Morgan fingerprint density at radius 2 is 2.22 bits per heavy atom. The van der Waals surface area contributed by atoms with Crippen molar-refractivity contribution in [2.75, 3.05) is 0 Å². The lowest BCUT2D eigenvalue weighted by atomic mass is 10.1. The normalized spacial score (nSPS) is 16.4. The number of ether oxygens (including phenoxy) is 1. The average Bonchev–Trinajstić information content (AvgIpc) is 2.85. The number of hydrogen-bond donors (Lipinski definition) is 2. The van der Waals surface area contributed by atoms with Gasteiger partial charge in [0.1, 0.15) is 17.7 Å². The van der Waals surface area contributed by atoms with E-state index < -0.39 is 0 Å². The van der Waals surface area contributed by atoms with Crippen LogP contribution in [0.15, 0.2) is 23.4 Å². The van der Waals surface area contributed by atoms with E-state index in [1.807, 2.05) is 13.0 Å². The van der Waals surface area contributed by atoms with Gasteiger partial charge in [0.2, 0.25) is 0 Å². The van der Waals surface area contributed by atoms with Crippen molar-refractivity contribution in [2.45, 2.75) is 45.1 Å². The molecule has 1 aromatic carbocycles. The standard InChI is InChI=1S/C14H20N2O2/c1-2-12(9-14(15)16-17)18-13-7-6-10-4-3-5-11(10)8-13/h6-8,12,17H,2-5,9H2,1H3,(H2,15,16). The smallest absolute Gasteiger partial charge is 0.142 e. The maximum Gasteiger partial charge on any atom is 0.142 e. The van der Waals surface area contributed by atoms with E-state index in [1.54, 1.807) is 0 Å². The molecule has 2 rings (SSSR count). The second-order valence-corrected chi connectivity index (χ2v) is 4.73. The topological polar surface area (TPSA) is 67.8 Å². The molecule has 0 radical (unpaired) electrons. The predicted molar refractivity (Wildman–Crippen MR) is 71.2 cm³/mol. The minimum absolute atomic E-state index is 0.0413. The van der Waals surface area contributed by atoms with Gasteiger partial charge >= 0.3 is 0 Å². The summed E-state index contributed by atoms with van der Waals surface area (Å²) in [5.41, 5.74) is 8.34. The Kier molecular flexibility index (Phi) is 4.07. The molecule has 4 nitrogen and oxygen atoms in total. The van der Waals surface area contributed by atoms with Gasteiger partial charge in [-0.2, -0.15) is 0 Å². The van der Waals surface area contributed by atoms with Crippen molar-refractivity contribution in [3.8, 4) is 5.75 Å². The molecule has 0 amide bonds. The first-order valence-corrected chi connectivity index (χ1v) is 6.47. The fraction of sp³-hybridized carbons (Fsp3) is 0.500. The maximum atomic E-state index is 8.58. The van der Waals surface area contributed by atoms with E-state index in [9.17, 15) is 0 Å². The van der Waals surface area contributed by atoms with Gasteiger partial charge in [-0.15, -0.1) is 0 Å². The Morgan fingerprint density at radius 1 is 1.44 bits per heavy atom. The van der Waals surface area contributed by atoms with Gasteiger partial charge in [0.05, 0.1) is 0 Å². The zero-order chi connectivity index (χ0) is 13.0. The van der Waals surface area contributed by atoms with E-state index >= 15 is 0 Å². The van der Waals surface area contributed by atoms with Crippen LogP contribution in [0, 0.1) is 0 Å². The fourth-order valence-corrected chi connectivity index (χ4v) is 2.36. The number of nitrogens with zero attached hydrogens (tertiary/aromatic N) is 1. The molecule has 0 saturated heterocycles. The molecule has 0 aliphatic heterocycles. The third-order valence-electron chi connectivity index (χ3n) is 3.39. The summed E-state index contributed by atoms with van der Waals surface area (Å²) in [6.45, 7) is 2.03. The van der Waals surface area contributed by atoms with E-state index in [-0.39, 0.29) is 11.9 Å². The summed E-state index contributed by atoms with van der Waals surface area (Å²) in [4.78, 5) is 0. The van der Waals surface area contributed by atoms with Gasteiger partial charge in [-0.1, -0.05) is 18.1 Å². The van der Waals surface area contributed by atoms with Crippen molar-refractivity contribution in [2.24, 2.45) is 10.9 Å². The van der Waals surface area contributed by atoms with Crippen LogP contribution in [0.3, 0.4) is 0 Å². The fourth-order valence-electron chi connectivity index (χ4n) is 2.36.